The van der Waals surface area contributed by atoms with Crippen molar-refractivity contribution in [2.45, 2.75) is 19.3 Å². The van der Waals surface area contributed by atoms with Crippen LogP contribution >= 0.6 is 11.6 Å². The third-order valence-electron chi connectivity index (χ3n) is 6.39. The van der Waals surface area contributed by atoms with Gasteiger partial charge in [-0.15, -0.1) is 0 Å². The molecular formula is C27H19ClN2. The molecule has 0 fully saturated rings. The van der Waals surface area contributed by atoms with Gasteiger partial charge in [-0.3, -0.25) is 0 Å². The Kier molecular flexibility index (Phi) is 3.60. The smallest absolute Gasteiger partial charge is 0.218 e. The van der Waals surface area contributed by atoms with Crippen LogP contribution in [-0.2, 0) is 5.41 Å². The predicted molar refractivity (Wildman–Crippen MR) is 125 cm³/mol. The Morgan fingerprint density at radius 3 is 2.07 bits per heavy atom. The number of rotatable bonds is 1. The van der Waals surface area contributed by atoms with Gasteiger partial charge in [-0.2, -0.15) is 0 Å². The fourth-order valence-electron chi connectivity index (χ4n) is 5.03. The van der Waals surface area contributed by atoms with E-state index in [4.69, 9.17) is 16.6 Å². The van der Waals surface area contributed by atoms with Crippen molar-refractivity contribution in [2.75, 3.05) is 0 Å². The van der Waals surface area contributed by atoms with Crippen molar-refractivity contribution in [3.8, 4) is 22.5 Å². The van der Waals surface area contributed by atoms with Gasteiger partial charge in [0.2, 0.25) is 5.28 Å². The Morgan fingerprint density at radius 1 is 0.667 bits per heavy atom. The molecule has 30 heavy (non-hydrogen) atoms. The Morgan fingerprint density at radius 2 is 1.27 bits per heavy atom. The Labute approximate surface area is 180 Å². The highest BCUT2D eigenvalue weighted by Gasteiger charge is 2.40. The van der Waals surface area contributed by atoms with Gasteiger partial charge in [-0.25, -0.2) is 9.97 Å². The van der Waals surface area contributed by atoms with E-state index in [2.05, 4.69) is 97.7 Å². The molecule has 1 aromatic heterocycles. The molecule has 0 spiro atoms. The van der Waals surface area contributed by atoms with Crippen LogP contribution in [-0.4, -0.2) is 9.97 Å². The van der Waals surface area contributed by atoms with Crippen LogP contribution < -0.4 is 0 Å². The molecule has 0 aliphatic heterocycles. The fourth-order valence-corrected chi connectivity index (χ4v) is 5.20. The highest BCUT2D eigenvalue weighted by Crippen LogP contribution is 2.52. The molecule has 6 rings (SSSR count). The molecule has 1 aliphatic carbocycles. The van der Waals surface area contributed by atoms with Gasteiger partial charge in [0, 0.05) is 22.1 Å². The van der Waals surface area contributed by atoms with E-state index in [0.29, 0.717) is 0 Å². The van der Waals surface area contributed by atoms with Crippen LogP contribution in [0.2, 0.25) is 5.28 Å². The van der Waals surface area contributed by atoms with Gasteiger partial charge < -0.3 is 0 Å². The molecule has 144 valence electrons. The molecule has 5 aromatic rings. The van der Waals surface area contributed by atoms with Crippen molar-refractivity contribution in [2.24, 2.45) is 0 Å². The minimum atomic E-state index is -0.210. The quantitative estimate of drug-likeness (QED) is 0.214. The number of hydrogen-bond acceptors (Lipinski definition) is 2. The summed E-state index contributed by atoms with van der Waals surface area (Å²) in [6.07, 6.45) is 0. The average Bonchev–Trinajstić information content (AvgIpc) is 3.00. The molecule has 0 saturated heterocycles. The Balaban J connectivity index is 1.78. The number of hydrogen-bond donors (Lipinski definition) is 0. The number of halogens is 1. The van der Waals surface area contributed by atoms with Gasteiger partial charge in [0.05, 0.1) is 11.4 Å². The highest BCUT2D eigenvalue weighted by atomic mass is 35.5. The summed E-state index contributed by atoms with van der Waals surface area (Å²) < 4.78 is 0. The summed E-state index contributed by atoms with van der Waals surface area (Å²) in [5.74, 6) is 0. The van der Waals surface area contributed by atoms with E-state index < -0.39 is 0 Å². The van der Waals surface area contributed by atoms with Crippen molar-refractivity contribution in [3.05, 3.63) is 95.3 Å². The molecule has 3 heteroatoms. The lowest BCUT2D eigenvalue weighted by Crippen LogP contribution is -2.17. The van der Waals surface area contributed by atoms with Crippen LogP contribution in [0.4, 0.5) is 0 Å². The zero-order valence-electron chi connectivity index (χ0n) is 16.8. The van der Waals surface area contributed by atoms with Gasteiger partial charge in [-0.05, 0) is 44.8 Å². The molecule has 0 bridgehead atoms. The van der Waals surface area contributed by atoms with Gasteiger partial charge in [0.1, 0.15) is 0 Å². The lowest BCUT2D eigenvalue weighted by atomic mass is 9.80. The number of aromatic nitrogens is 2. The molecule has 1 heterocycles. The summed E-state index contributed by atoms with van der Waals surface area (Å²) in [5.41, 5.74) is 6.32. The second-order valence-corrected chi connectivity index (χ2v) is 8.76. The normalized spacial score (nSPS) is 14.1. The number of fused-ring (bicyclic) bond motifs is 6. The maximum Gasteiger partial charge on any atom is 0.223 e. The summed E-state index contributed by atoms with van der Waals surface area (Å²) in [5, 5.41) is 5.13. The molecule has 1 aliphatic rings. The van der Waals surface area contributed by atoms with Crippen molar-refractivity contribution in [3.63, 3.8) is 0 Å². The first kappa shape index (κ1) is 17.6. The standard InChI is InChI=1S/C27H19ClN2/c1-27(2)22-14-8-7-13-20(22)24-23(27)25(30-26(28)29-24)21-15-16-9-3-4-10-17(16)18-11-5-6-12-19(18)21/h3-15H,1-2H3. The maximum absolute atomic E-state index is 6.49. The zero-order chi connectivity index (χ0) is 20.5. The lowest BCUT2D eigenvalue weighted by Gasteiger charge is -2.24. The number of nitrogens with zero attached hydrogens (tertiary/aromatic N) is 2. The third-order valence-corrected chi connectivity index (χ3v) is 6.55. The Hall–Kier alpha value is -3.23. The van der Waals surface area contributed by atoms with Crippen LogP contribution in [0, 0.1) is 0 Å². The zero-order valence-corrected chi connectivity index (χ0v) is 17.5. The van der Waals surface area contributed by atoms with Crippen molar-refractivity contribution in [1.82, 2.24) is 9.97 Å². The Bertz CT molecular complexity index is 1480. The van der Waals surface area contributed by atoms with Gasteiger partial charge in [0.25, 0.3) is 0 Å². The molecule has 0 unspecified atom stereocenters. The average molecular weight is 407 g/mol. The molecule has 0 atom stereocenters. The minimum Gasteiger partial charge on any atom is -0.218 e. The molecule has 2 nitrogen and oxygen atoms in total. The summed E-state index contributed by atoms with van der Waals surface area (Å²) in [4.78, 5) is 9.48. The predicted octanol–water partition coefficient (Wildman–Crippen LogP) is 7.41. The first-order valence-electron chi connectivity index (χ1n) is 10.1. The minimum absolute atomic E-state index is 0.210. The van der Waals surface area contributed by atoms with E-state index >= 15 is 0 Å². The second kappa shape index (κ2) is 6.13. The lowest BCUT2D eigenvalue weighted by molar-refractivity contribution is 0.657. The fraction of sp³-hybridized carbons (Fsp3) is 0.111. The van der Waals surface area contributed by atoms with E-state index in [1.165, 1.54) is 27.1 Å². The topological polar surface area (TPSA) is 25.8 Å². The summed E-state index contributed by atoms with van der Waals surface area (Å²) in [7, 11) is 0. The third kappa shape index (κ3) is 2.31. The SMILES string of the molecule is CC1(C)c2ccccc2-c2nc(Cl)nc(-c3cc4ccccc4c4ccccc34)c21. The van der Waals surface area contributed by atoms with Gasteiger partial charge >= 0.3 is 0 Å². The first-order valence-corrected chi connectivity index (χ1v) is 10.5. The molecule has 0 saturated carbocycles. The first-order chi connectivity index (χ1) is 14.6. The molecule has 0 N–H and O–H groups in total. The van der Waals surface area contributed by atoms with E-state index in [1.54, 1.807) is 0 Å². The molecule has 0 amide bonds. The summed E-state index contributed by atoms with van der Waals surface area (Å²) in [6.45, 7) is 4.50. The second-order valence-electron chi connectivity index (χ2n) is 8.43. The van der Waals surface area contributed by atoms with Crippen molar-refractivity contribution < 1.29 is 0 Å². The van der Waals surface area contributed by atoms with Crippen LogP contribution in [0.5, 0.6) is 0 Å². The van der Waals surface area contributed by atoms with Crippen LogP contribution in [0.3, 0.4) is 0 Å². The summed E-state index contributed by atoms with van der Waals surface area (Å²) in [6, 6.07) is 27.8. The van der Waals surface area contributed by atoms with E-state index in [9.17, 15) is 0 Å². The van der Waals surface area contributed by atoms with E-state index in [-0.39, 0.29) is 10.7 Å². The van der Waals surface area contributed by atoms with Crippen LogP contribution in [0.1, 0.15) is 25.0 Å². The molecule has 0 radical (unpaired) electrons. The number of benzene rings is 4. The maximum atomic E-state index is 6.49. The van der Waals surface area contributed by atoms with E-state index in [0.717, 1.165) is 28.1 Å². The largest absolute Gasteiger partial charge is 0.223 e. The van der Waals surface area contributed by atoms with Crippen LogP contribution in [0.15, 0.2) is 78.9 Å². The molecular weight excluding hydrogens is 388 g/mol. The highest BCUT2D eigenvalue weighted by molar-refractivity contribution is 6.28. The monoisotopic (exact) mass is 406 g/mol. The van der Waals surface area contributed by atoms with Crippen molar-refractivity contribution in [1.29, 1.82) is 0 Å². The van der Waals surface area contributed by atoms with Gasteiger partial charge in [0.15, 0.2) is 0 Å². The van der Waals surface area contributed by atoms with Crippen molar-refractivity contribution >= 4 is 33.1 Å². The molecule has 4 aromatic carbocycles. The van der Waals surface area contributed by atoms with Gasteiger partial charge in [-0.1, -0.05) is 86.6 Å². The van der Waals surface area contributed by atoms with Crippen LogP contribution in [0.25, 0.3) is 44.1 Å². The summed E-state index contributed by atoms with van der Waals surface area (Å²) >= 11 is 6.49. The van der Waals surface area contributed by atoms with E-state index in [1.807, 2.05) is 0 Å².